The lowest BCUT2D eigenvalue weighted by Gasteiger charge is -2.21. The van der Waals surface area contributed by atoms with Crippen LogP contribution in [-0.4, -0.2) is 23.0 Å². The molecule has 1 amide bonds. The molecule has 20 heavy (non-hydrogen) atoms. The van der Waals surface area contributed by atoms with Crippen molar-refractivity contribution in [2.45, 2.75) is 63.8 Å². The summed E-state index contributed by atoms with van der Waals surface area (Å²) in [5.41, 5.74) is 0. The minimum Gasteiger partial charge on any atom is -0.481 e. The molecule has 3 fully saturated rings. The highest BCUT2D eigenvalue weighted by Crippen LogP contribution is 2.49. The average Bonchev–Trinajstić information content (AvgIpc) is 3.12. The fourth-order valence-electron chi connectivity index (χ4n) is 4.24. The summed E-state index contributed by atoms with van der Waals surface area (Å²) in [6, 6.07) is 0.0937. The Morgan fingerprint density at radius 3 is 2.35 bits per heavy atom. The van der Waals surface area contributed by atoms with Crippen LogP contribution in [0.1, 0.15) is 57.8 Å². The number of rotatable bonds is 4. The molecular weight excluding hydrogens is 254 g/mol. The number of carboxylic acids is 1. The fraction of sp³-hybridized carbons (Fsp3) is 0.875. The highest BCUT2D eigenvalue weighted by atomic mass is 16.4. The topological polar surface area (TPSA) is 66.4 Å². The Morgan fingerprint density at radius 2 is 1.70 bits per heavy atom. The number of aliphatic carboxylic acids is 1. The molecule has 0 aliphatic heterocycles. The molecule has 2 unspecified atom stereocenters. The van der Waals surface area contributed by atoms with E-state index in [0.717, 1.165) is 18.8 Å². The molecule has 0 radical (unpaired) electrons. The smallest absolute Gasteiger partial charge is 0.306 e. The molecule has 3 aliphatic rings. The quantitative estimate of drug-likeness (QED) is 0.831. The zero-order chi connectivity index (χ0) is 14.1. The molecule has 4 nitrogen and oxygen atoms in total. The van der Waals surface area contributed by atoms with E-state index in [-0.39, 0.29) is 23.8 Å². The second-order valence-electron chi connectivity index (χ2n) is 6.96. The van der Waals surface area contributed by atoms with Crippen molar-refractivity contribution >= 4 is 11.9 Å². The number of amides is 1. The lowest BCUT2D eigenvalue weighted by atomic mass is 9.85. The molecule has 0 aromatic heterocycles. The standard InChI is InChI=1S/C16H25NO3/c18-15(17-12-7-6-11(8-12)16(19)20)14-9-13(14)10-4-2-1-3-5-10/h10-14H,1-9H2,(H,17,18)(H,19,20)/t11-,12+,13?,14?/m1/s1. The molecule has 0 aromatic rings. The van der Waals surface area contributed by atoms with Crippen LogP contribution in [0.25, 0.3) is 0 Å². The minimum atomic E-state index is -0.715. The molecule has 3 rings (SSSR count). The van der Waals surface area contributed by atoms with E-state index in [0.29, 0.717) is 18.8 Å². The molecule has 3 aliphatic carbocycles. The first kappa shape index (κ1) is 13.9. The van der Waals surface area contributed by atoms with Crippen LogP contribution in [0.4, 0.5) is 0 Å². The van der Waals surface area contributed by atoms with Gasteiger partial charge in [-0.05, 0) is 37.5 Å². The van der Waals surface area contributed by atoms with Gasteiger partial charge in [-0.1, -0.05) is 32.1 Å². The van der Waals surface area contributed by atoms with Gasteiger partial charge < -0.3 is 10.4 Å². The van der Waals surface area contributed by atoms with Crippen LogP contribution in [0.5, 0.6) is 0 Å². The third-order valence-electron chi connectivity index (χ3n) is 5.56. The summed E-state index contributed by atoms with van der Waals surface area (Å²) in [5.74, 6) is 0.835. The van der Waals surface area contributed by atoms with Gasteiger partial charge in [0.05, 0.1) is 5.92 Å². The predicted molar refractivity (Wildman–Crippen MR) is 75.1 cm³/mol. The van der Waals surface area contributed by atoms with Crippen LogP contribution >= 0.6 is 0 Å². The Kier molecular flexibility index (Phi) is 3.99. The first-order valence-corrected chi connectivity index (χ1v) is 8.18. The van der Waals surface area contributed by atoms with Crippen molar-refractivity contribution in [3.05, 3.63) is 0 Å². The Balaban J connectivity index is 1.43. The van der Waals surface area contributed by atoms with Gasteiger partial charge in [-0.3, -0.25) is 9.59 Å². The molecule has 0 spiro atoms. The van der Waals surface area contributed by atoms with E-state index < -0.39 is 5.97 Å². The van der Waals surface area contributed by atoms with E-state index in [4.69, 9.17) is 5.11 Å². The second kappa shape index (κ2) is 5.74. The van der Waals surface area contributed by atoms with Crippen molar-refractivity contribution in [3.63, 3.8) is 0 Å². The van der Waals surface area contributed by atoms with Crippen LogP contribution in [-0.2, 0) is 9.59 Å². The fourth-order valence-corrected chi connectivity index (χ4v) is 4.24. The van der Waals surface area contributed by atoms with Crippen LogP contribution < -0.4 is 5.32 Å². The van der Waals surface area contributed by atoms with E-state index >= 15 is 0 Å². The van der Waals surface area contributed by atoms with Crippen molar-refractivity contribution in [2.75, 3.05) is 0 Å². The number of hydrogen-bond donors (Lipinski definition) is 2. The molecule has 0 aromatic carbocycles. The van der Waals surface area contributed by atoms with Gasteiger partial charge in [0.2, 0.25) is 5.91 Å². The summed E-state index contributed by atoms with van der Waals surface area (Å²) in [6.07, 6.45) is 9.83. The summed E-state index contributed by atoms with van der Waals surface area (Å²) in [6.45, 7) is 0. The van der Waals surface area contributed by atoms with E-state index in [2.05, 4.69) is 5.32 Å². The monoisotopic (exact) mass is 279 g/mol. The van der Waals surface area contributed by atoms with Gasteiger partial charge in [-0.25, -0.2) is 0 Å². The summed E-state index contributed by atoms with van der Waals surface area (Å²) in [5, 5.41) is 12.1. The van der Waals surface area contributed by atoms with Gasteiger partial charge >= 0.3 is 5.97 Å². The number of nitrogens with one attached hydrogen (secondary N) is 1. The lowest BCUT2D eigenvalue weighted by Crippen LogP contribution is -2.35. The lowest BCUT2D eigenvalue weighted by molar-refractivity contribution is -0.141. The normalized spacial score (nSPS) is 37.6. The molecule has 2 N–H and O–H groups in total. The number of carboxylic acid groups (broad SMARTS) is 1. The van der Waals surface area contributed by atoms with Crippen LogP contribution in [0.3, 0.4) is 0 Å². The van der Waals surface area contributed by atoms with Crippen molar-refractivity contribution in [2.24, 2.45) is 23.7 Å². The Bertz CT molecular complexity index is 389. The highest BCUT2D eigenvalue weighted by molar-refractivity contribution is 5.82. The van der Waals surface area contributed by atoms with Gasteiger partial charge in [-0.15, -0.1) is 0 Å². The van der Waals surface area contributed by atoms with Gasteiger partial charge in [0, 0.05) is 12.0 Å². The summed E-state index contributed by atoms with van der Waals surface area (Å²) < 4.78 is 0. The Labute approximate surface area is 120 Å². The third kappa shape index (κ3) is 2.99. The SMILES string of the molecule is O=C(N[C@H]1CC[C@@H](C(=O)O)C1)C1CC1C1CCCCC1. The van der Waals surface area contributed by atoms with E-state index in [1.54, 1.807) is 0 Å². The molecule has 4 heteroatoms. The maximum absolute atomic E-state index is 12.2. The zero-order valence-electron chi connectivity index (χ0n) is 12.0. The Hall–Kier alpha value is -1.06. The minimum absolute atomic E-state index is 0.0937. The summed E-state index contributed by atoms with van der Waals surface area (Å²) in [4.78, 5) is 23.2. The van der Waals surface area contributed by atoms with Gasteiger partial charge in [-0.2, -0.15) is 0 Å². The number of carbonyl (C=O) groups excluding carboxylic acids is 1. The third-order valence-corrected chi connectivity index (χ3v) is 5.56. The van der Waals surface area contributed by atoms with Crippen molar-refractivity contribution in [1.29, 1.82) is 0 Å². The first-order chi connectivity index (χ1) is 9.65. The predicted octanol–water partition coefficient (Wildman–Crippen LogP) is 2.57. The molecule has 112 valence electrons. The zero-order valence-corrected chi connectivity index (χ0v) is 12.0. The maximum Gasteiger partial charge on any atom is 0.306 e. The van der Waals surface area contributed by atoms with Crippen molar-refractivity contribution in [1.82, 2.24) is 5.32 Å². The second-order valence-corrected chi connectivity index (χ2v) is 6.96. The van der Waals surface area contributed by atoms with E-state index in [1.807, 2.05) is 0 Å². The Morgan fingerprint density at radius 1 is 0.950 bits per heavy atom. The molecule has 0 heterocycles. The molecule has 4 atom stereocenters. The molecular formula is C16H25NO3. The van der Waals surface area contributed by atoms with E-state index in [1.165, 1.54) is 32.1 Å². The van der Waals surface area contributed by atoms with Gasteiger partial charge in [0.1, 0.15) is 0 Å². The van der Waals surface area contributed by atoms with Crippen LogP contribution in [0, 0.1) is 23.7 Å². The van der Waals surface area contributed by atoms with Gasteiger partial charge in [0.15, 0.2) is 0 Å². The largest absolute Gasteiger partial charge is 0.481 e. The average molecular weight is 279 g/mol. The highest BCUT2D eigenvalue weighted by Gasteiger charge is 2.48. The summed E-state index contributed by atoms with van der Waals surface area (Å²) in [7, 11) is 0. The van der Waals surface area contributed by atoms with Gasteiger partial charge in [0.25, 0.3) is 0 Å². The van der Waals surface area contributed by atoms with E-state index in [9.17, 15) is 9.59 Å². The van der Waals surface area contributed by atoms with Crippen LogP contribution in [0.2, 0.25) is 0 Å². The molecule has 0 bridgehead atoms. The van der Waals surface area contributed by atoms with Crippen molar-refractivity contribution in [3.8, 4) is 0 Å². The molecule has 3 saturated carbocycles. The molecule has 0 saturated heterocycles. The maximum atomic E-state index is 12.2. The number of hydrogen-bond acceptors (Lipinski definition) is 2. The summed E-state index contributed by atoms with van der Waals surface area (Å²) >= 11 is 0. The first-order valence-electron chi connectivity index (χ1n) is 8.18. The van der Waals surface area contributed by atoms with Crippen LogP contribution in [0.15, 0.2) is 0 Å². The number of carbonyl (C=O) groups is 2. The van der Waals surface area contributed by atoms with Crippen molar-refractivity contribution < 1.29 is 14.7 Å².